The third-order valence-corrected chi connectivity index (χ3v) is 6.13. The molecule has 186 valence electrons. The fourth-order valence-electron chi connectivity index (χ4n) is 3.41. The Morgan fingerprint density at radius 3 is 2.60 bits per heavy atom. The maximum absolute atomic E-state index is 13.0. The summed E-state index contributed by atoms with van der Waals surface area (Å²) in [5.74, 6) is -0.964. The van der Waals surface area contributed by atoms with Crippen molar-refractivity contribution in [2.45, 2.75) is 39.2 Å². The van der Waals surface area contributed by atoms with E-state index in [0.717, 1.165) is 24.3 Å². The summed E-state index contributed by atoms with van der Waals surface area (Å²) < 4.78 is 5.01. The molecule has 3 aromatic rings. The van der Waals surface area contributed by atoms with E-state index in [0.29, 0.717) is 35.0 Å². The van der Waals surface area contributed by atoms with Crippen LogP contribution in [0.1, 0.15) is 50.9 Å². The number of carboxylic acids is 1. The Balaban J connectivity index is 1.69. The van der Waals surface area contributed by atoms with E-state index in [1.54, 1.807) is 38.1 Å². The number of hydrogen-bond acceptors (Lipinski definition) is 9. The number of carbonyl (C=O) groups excluding carboxylic acids is 2. The van der Waals surface area contributed by atoms with E-state index in [-0.39, 0.29) is 28.2 Å². The molecule has 0 aliphatic heterocycles. The maximum atomic E-state index is 13.0. The summed E-state index contributed by atoms with van der Waals surface area (Å²) >= 11 is 0.901. The van der Waals surface area contributed by atoms with Crippen molar-refractivity contribution in [3.05, 3.63) is 46.3 Å². The van der Waals surface area contributed by atoms with Gasteiger partial charge in [0.05, 0.1) is 5.69 Å². The van der Waals surface area contributed by atoms with Crippen molar-refractivity contribution in [3.8, 4) is 11.4 Å². The van der Waals surface area contributed by atoms with Crippen LogP contribution in [0.3, 0.4) is 0 Å². The Kier molecular flexibility index (Phi) is 8.66. The number of benzene rings is 1. The number of aromatic carboxylic acids is 1. The average molecular weight is 501 g/mol. The van der Waals surface area contributed by atoms with Crippen molar-refractivity contribution in [1.29, 1.82) is 0 Å². The second kappa shape index (κ2) is 11.7. The molecule has 1 aromatic carbocycles. The monoisotopic (exact) mass is 500 g/mol. The molecule has 12 heteroatoms. The highest BCUT2D eigenvalue weighted by Crippen LogP contribution is 2.23. The van der Waals surface area contributed by atoms with E-state index in [1.807, 2.05) is 19.0 Å². The molecule has 0 bridgehead atoms. The molecular weight excluding hydrogens is 472 g/mol. The van der Waals surface area contributed by atoms with E-state index < -0.39 is 12.0 Å². The average Bonchev–Trinajstić information content (AvgIpc) is 3.38. The van der Waals surface area contributed by atoms with Crippen LogP contribution < -0.4 is 10.6 Å². The van der Waals surface area contributed by atoms with Crippen molar-refractivity contribution in [2.75, 3.05) is 26.0 Å². The molecule has 0 fully saturated rings. The molecule has 35 heavy (non-hydrogen) atoms. The number of nitrogens with zero attached hydrogens (tertiary/aromatic N) is 4. The first-order valence-corrected chi connectivity index (χ1v) is 11.8. The van der Waals surface area contributed by atoms with Crippen LogP contribution in [0.2, 0.25) is 0 Å². The first kappa shape index (κ1) is 26.0. The number of hydrogen-bond donors (Lipinski definition) is 3. The van der Waals surface area contributed by atoms with Crippen LogP contribution in [-0.4, -0.2) is 69.6 Å². The quantitative estimate of drug-likeness (QED) is 0.361. The molecule has 2 aromatic heterocycles. The van der Waals surface area contributed by atoms with Gasteiger partial charge < -0.3 is 25.2 Å². The molecule has 3 rings (SSSR count). The van der Waals surface area contributed by atoms with Gasteiger partial charge in [0.1, 0.15) is 4.88 Å². The Morgan fingerprint density at radius 2 is 1.97 bits per heavy atom. The highest BCUT2D eigenvalue weighted by atomic mass is 32.1. The van der Waals surface area contributed by atoms with Crippen LogP contribution in [0.4, 0.5) is 5.13 Å². The molecule has 2 heterocycles. The molecule has 0 saturated carbocycles. The number of aromatic nitrogens is 3. The van der Waals surface area contributed by atoms with E-state index in [9.17, 15) is 19.5 Å². The Hall–Kier alpha value is -3.64. The lowest BCUT2D eigenvalue weighted by Gasteiger charge is -2.19. The number of aryl methyl sites for hydroxylation is 2. The molecule has 1 unspecified atom stereocenters. The molecule has 0 aliphatic rings. The summed E-state index contributed by atoms with van der Waals surface area (Å²) in [5, 5.41) is 18.9. The van der Waals surface area contributed by atoms with Crippen LogP contribution in [0.5, 0.6) is 0 Å². The van der Waals surface area contributed by atoms with Gasteiger partial charge in [-0.2, -0.15) is 4.98 Å². The van der Waals surface area contributed by atoms with Crippen molar-refractivity contribution in [1.82, 2.24) is 25.3 Å². The predicted octanol–water partition coefficient (Wildman–Crippen LogP) is 2.98. The second-order valence-electron chi connectivity index (χ2n) is 8.32. The summed E-state index contributed by atoms with van der Waals surface area (Å²) in [5.41, 5.74) is 1.39. The van der Waals surface area contributed by atoms with Gasteiger partial charge in [0.15, 0.2) is 5.13 Å². The number of amides is 2. The predicted molar refractivity (Wildman–Crippen MR) is 131 cm³/mol. The minimum atomic E-state index is -1.09. The fraction of sp³-hybridized carbons (Fsp3) is 0.391. The minimum Gasteiger partial charge on any atom is -0.477 e. The third kappa shape index (κ3) is 7.42. The first-order valence-electron chi connectivity index (χ1n) is 11.0. The molecule has 0 aliphatic carbocycles. The van der Waals surface area contributed by atoms with Gasteiger partial charge in [-0.15, -0.1) is 0 Å². The maximum Gasteiger partial charge on any atom is 0.347 e. The lowest BCUT2D eigenvalue weighted by Crippen LogP contribution is -2.38. The molecule has 0 spiro atoms. The van der Waals surface area contributed by atoms with E-state index in [2.05, 4.69) is 25.8 Å². The van der Waals surface area contributed by atoms with Crippen LogP contribution in [0.25, 0.3) is 11.4 Å². The molecule has 3 N–H and O–H groups in total. The zero-order valence-corrected chi connectivity index (χ0v) is 20.8. The number of nitrogens with one attached hydrogen (secondary N) is 2. The van der Waals surface area contributed by atoms with Crippen LogP contribution in [-0.2, 0) is 4.79 Å². The van der Waals surface area contributed by atoms with Crippen molar-refractivity contribution < 1.29 is 24.0 Å². The highest BCUT2D eigenvalue weighted by Gasteiger charge is 2.21. The van der Waals surface area contributed by atoms with Crippen molar-refractivity contribution in [2.24, 2.45) is 0 Å². The lowest BCUT2D eigenvalue weighted by molar-refractivity contribution is -0.116. The van der Waals surface area contributed by atoms with E-state index in [1.165, 1.54) is 0 Å². The normalized spacial score (nSPS) is 11.9. The number of carboxylic acid groups (broad SMARTS) is 1. The summed E-state index contributed by atoms with van der Waals surface area (Å²) in [6, 6.07) is 6.43. The second-order valence-corrected chi connectivity index (χ2v) is 9.32. The molecular formula is C23H28N6O5S. The summed E-state index contributed by atoms with van der Waals surface area (Å²) in [7, 11) is 3.91. The van der Waals surface area contributed by atoms with Gasteiger partial charge in [0.2, 0.25) is 17.6 Å². The summed E-state index contributed by atoms with van der Waals surface area (Å²) in [6.07, 6.45) is 1.37. The summed E-state index contributed by atoms with van der Waals surface area (Å²) in [4.78, 5) is 47.3. The zero-order valence-electron chi connectivity index (χ0n) is 20.0. The van der Waals surface area contributed by atoms with Crippen LogP contribution >= 0.6 is 11.3 Å². The van der Waals surface area contributed by atoms with Gasteiger partial charge >= 0.3 is 5.97 Å². The number of rotatable bonds is 11. The minimum absolute atomic E-state index is 0.0178. The van der Waals surface area contributed by atoms with Crippen LogP contribution in [0, 0.1) is 13.8 Å². The van der Waals surface area contributed by atoms with Gasteiger partial charge in [0, 0.05) is 30.5 Å². The Bertz CT molecular complexity index is 1200. The highest BCUT2D eigenvalue weighted by molar-refractivity contribution is 7.17. The number of thiazole rings is 1. The van der Waals surface area contributed by atoms with Crippen LogP contribution in [0.15, 0.2) is 28.8 Å². The topological polar surface area (TPSA) is 151 Å². The van der Waals surface area contributed by atoms with Gasteiger partial charge in [-0.3, -0.25) is 9.59 Å². The smallest absolute Gasteiger partial charge is 0.347 e. The number of carbonyl (C=O) groups is 3. The Morgan fingerprint density at radius 1 is 1.20 bits per heavy atom. The van der Waals surface area contributed by atoms with Crippen molar-refractivity contribution in [3.63, 3.8) is 0 Å². The lowest BCUT2D eigenvalue weighted by atomic mass is 10.1. The molecule has 0 saturated heterocycles. The van der Waals surface area contributed by atoms with Crippen molar-refractivity contribution >= 4 is 34.3 Å². The van der Waals surface area contributed by atoms with Gasteiger partial charge in [-0.1, -0.05) is 28.6 Å². The molecule has 0 radical (unpaired) electrons. The summed E-state index contributed by atoms with van der Waals surface area (Å²) in [6.45, 7) is 4.06. The SMILES string of the molecule is Cc1nc(-c2cccc(C(=O)NC(CCCN(C)C)CC(=O)Nc3nc(C)c(C(=O)O)s3)c2)no1. The van der Waals surface area contributed by atoms with Gasteiger partial charge in [-0.25, -0.2) is 9.78 Å². The Labute approximate surface area is 206 Å². The molecule has 11 nitrogen and oxygen atoms in total. The van der Waals surface area contributed by atoms with Gasteiger partial charge in [0.25, 0.3) is 5.91 Å². The third-order valence-electron chi connectivity index (χ3n) is 5.07. The first-order chi connectivity index (χ1) is 16.6. The zero-order chi connectivity index (χ0) is 25.5. The fourth-order valence-corrected chi connectivity index (χ4v) is 4.23. The van der Waals surface area contributed by atoms with E-state index >= 15 is 0 Å². The largest absolute Gasteiger partial charge is 0.477 e. The molecule has 1 atom stereocenters. The molecule has 2 amide bonds. The standard InChI is InChI=1S/C23H28N6O5S/c1-13-19(22(32)33)35-23(24-13)27-18(30)12-17(9-6-10-29(3)4)26-21(31)16-8-5-7-15(11-16)20-25-14(2)34-28-20/h5,7-8,11,17H,6,9-10,12H2,1-4H3,(H,26,31)(H,32,33)(H,24,27,30). The number of anilines is 1. The van der Waals surface area contributed by atoms with E-state index in [4.69, 9.17) is 4.52 Å². The van der Waals surface area contributed by atoms with Gasteiger partial charge in [-0.05, 0) is 52.5 Å².